The smallest absolute Gasteiger partial charge is 0.759 e. The molecule has 0 atom stereocenters. The van der Waals surface area contributed by atoms with Crippen molar-refractivity contribution in [3.63, 3.8) is 0 Å². The van der Waals surface area contributed by atoms with E-state index >= 15 is 0 Å². The van der Waals surface area contributed by atoms with E-state index in [0.717, 1.165) is 0 Å². The molecule has 0 aliphatic heterocycles. The zero-order valence-electron chi connectivity index (χ0n) is 3.69. The Balaban J connectivity index is -0.0000000267. The minimum absolute atomic E-state index is 0. The molecule has 0 aromatic rings. The van der Waals surface area contributed by atoms with Crippen molar-refractivity contribution < 1.29 is 50.8 Å². The quantitative estimate of drug-likeness (QED) is 0.328. The van der Waals surface area contributed by atoms with Gasteiger partial charge < -0.3 is 15.3 Å². The van der Waals surface area contributed by atoms with E-state index in [-0.39, 0.29) is 39.4 Å². The second-order valence-corrected chi connectivity index (χ2v) is 1.22. The van der Waals surface area contributed by atoms with Crippen molar-refractivity contribution in [2.75, 3.05) is 0 Å². The van der Waals surface area contributed by atoms with Crippen molar-refractivity contribution in [2.24, 2.45) is 0 Å². The van der Waals surface area contributed by atoms with Crippen LogP contribution in [0.2, 0.25) is 0 Å². The Hall–Kier alpha value is 0.830. The van der Waals surface area contributed by atoms with Gasteiger partial charge in [-0.15, -0.1) is 0 Å². The van der Waals surface area contributed by atoms with Crippen LogP contribution in [-0.2, 0) is 43.7 Å². The van der Waals surface area contributed by atoms with Gasteiger partial charge in [-0.05, 0) is 0 Å². The van der Waals surface area contributed by atoms with Crippen LogP contribution in [0.25, 0.3) is 0 Å². The summed E-state index contributed by atoms with van der Waals surface area (Å²) in [5.74, 6) is 0. The molecule has 55 valence electrons. The van der Waals surface area contributed by atoms with Crippen molar-refractivity contribution in [1.29, 1.82) is 0 Å². The van der Waals surface area contributed by atoms with E-state index in [1.165, 1.54) is 0 Å². The van der Waals surface area contributed by atoms with Gasteiger partial charge in [0.05, 0.1) is 0 Å². The summed E-state index contributed by atoms with van der Waals surface area (Å²) in [5, 5.41) is 0. The van der Waals surface area contributed by atoms with E-state index in [4.69, 9.17) is 17.5 Å². The van der Waals surface area contributed by atoms with Gasteiger partial charge in [-0.1, -0.05) is 0 Å². The Morgan fingerprint density at radius 2 is 1.12 bits per heavy atom. The largest absolute Gasteiger partial charge is 2.00 e. The predicted octanol–water partition coefficient (Wildman–Crippen LogP) is -0.967. The van der Waals surface area contributed by atoms with Crippen LogP contribution in [0.5, 0.6) is 0 Å². The van der Waals surface area contributed by atoms with Gasteiger partial charge in [0.25, 0.3) is 0 Å². The fourth-order valence-electron chi connectivity index (χ4n) is 0. The van der Waals surface area contributed by atoms with Gasteiger partial charge in [0.1, 0.15) is 0 Å². The SMILES string of the molecule is O=S(=O)([O-])[O-].[Co+2].[NH4+].[Ni+2]. The second-order valence-electron chi connectivity index (χ2n) is 0.408. The standard InChI is InChI=1S/Co.H3N.Ni.H2O4S/c;;;1-5(2,3)4/h;1H3;;(H2,1,2,3,4)/q+2;;+2;/p-1. The fraction of sp³-hybridized carbons (Fsp3) is 0. The third kappa shape index (κ3) is 337. The van der Waals surface area contributed by atoms with Gasteiger partial charge in [0.2, 0.25) is 0 Å². The minimum atomic E-state index is -5.17. The summed E-state index contributed by atoms with van der Waals surface area (Å²) < 4.78 is 34.1. The first-order chi connectivity index (χ1) is 2.00. The molecule has 0 bridgehead atoms. The van der Waals surface area contributed by atoms with Crippen molar-refractivity contribution in [3.8, 4) is 0 Å². The molecule has 0 unspecified atom stereocenters. The van der Waals surface area contributed by atoms with Crippen molar-refractivity contribution >= 4 is 10.4 Å². The van der Waals surface area contributed by atoms with Gasteiger partial charge in [-0.25, -0.2) is 0 Å². The zero-order chi connectivity index (χ0) is 4.50. The molecule has 5 nitrogen and oxygen atoms in total. The summed E-state index contributed by atoms with van der Waals surface area (Å²) in [6, 6.07) is 0. The Labute approximate surface area is 67.5 Å². The van der Waals surface area contributed by atoms with Gasteiger partial charge in [0, 0.05) is 10.4 Å². The first kappa shape index (κ1) is 23.2. The molecule has 0 heterocycles. The minimum Gasteiger partial charge on any atom is -0.759 e. The van der Waals surface area contributed by atoms with E-state index in [0.29, 0.717) is 0 Å². The summed E-state index contributed by atoms with van der Waals surface area (Å²) >= 11 is 0. The fourth-order valence-corrected chi connectivity index (χ4v) is 0. The van der Waals surface area contributed by atoms with Crippen LogP contribution < -0.4 is 6.15 Å². The summed E-state index contributed by atoms with van der Waals surface area (Å²) in [7, 11) is -5.17. The van der Waals surface area contributed by atoms with Crippen LogP contribution in [0.15, 0.2) is 0 Å². The van der Waals surface area contributed by atoms with Crippen LogP contribution in [0.3, 0.4) is 0 Å². The Kier molecular flexibility index (Phi) is 22.7. The maximum atomic E-state index is 8.52. The average molecular weight is 232 g/mol. The molecule has 8 heavy (non-hydrogen) atoms. The zero-order valence-corrected chi connectivity index (χ0v) is 6.54. The number of hydrogen-bond acceptors (Lipinski definition) is 4. The van der Waals surface area contributed by atoms with E-state index in [1.807, 2.05) is 0 Å². The molecule has 0 amide bonds. The molecular weight excluding hydrogens is 228 g/mol. The van der Waals surface area contributed by atoms with Gasteiger partial charge in [-0.3, -0.25) is 8.42 Å². The molecule has 0 aliphatic rings. The summed E-state index contributed by atoms with van der Waals surface area (Å²) in [6.45, 7) is 0. The Bertz CT molecular complexity index is 99.2. The first-order valence-electron chi connectivity index (χ1n) is 0.667. The number of hydrogen-bond donors (Lipinski definition) is 1. The van der Waals surface area contributed by atoms with Crippen LogP contribution in [0.4, 0.5) is 0 Å². The molecule has 0 aromatic heterocycles. The van der Waals surface area contributed by atoms with Crippen LogP contribution >= 0.6 is 0 Å². The van der Waals surface area contributed by atoms with Crippen LogP contribution in [0.1, 0.15) is 0 Å². The van der Waals surface area contributed by atoms with E-state index in [2.05, 4.69) is 0 Å². The van der Waals surface area contributed by atoms with Crippen LogP contribution in [0, 0.1) is 0 Å². The molecule has 0 saturated heterocycles. The van der Waals surface area contributed by atoms with Gasteiger partial charge in [-0.2, -0.15) is 0 Å². The monoisotopic (exact) mass is 231 g/mol. The average Bonchev–Trinajstić information content (AvgIpc) is 0.722. The second kappa shape index (κ2) is 7.83. The van der Waals surface area contributed by atoms with Crippen molar-refractivity contribution in [1.82, 2.24) is 6.15 Å². The molecule has 8 heteroatoms. The normalized spacial score (nSPS) is 7.25. The summed E-state index contributed by atoms with van der Waals surface area (Å²) in [4.78, 5) is 0. The topological polar surface area (TPSA) is 117 Å². The maximum absolute atomic E-state index is 8.52. The molecule has 0 saturated carbocycles. The van der Waals surface area contributed by atoms with Gasteiger partial charge in [0.15, 0.2) is 0 Å². The molecule has 0 aliphatic carbocycles. The molecule has 4 N–H and O–H groups in total. The Morgan fingerprint density at radius 1 is 1.12 bits per heavy atom. The molecule has 1 radical (unpaired) electrons. The van der Waals surface area contributed by atoms with Gasteiger partial charge >= 0.3 is 33.3 Å². The summed E-state index contributed by atoms with van der Waals surface area (Å²) in [5.41, 5.74) is 0. The molecular formula is H4CoNNiO4S+3. The molecule has 0 rings (SSSR count). The van der Waals surface area contributed by atoms with Crippen molar-refractivity contribution in [3.05, 3.63) is 0 Å². The van der Waals surface area contributed by atoms with E-state index in [1.54, 1.807) is 0 Å². The van der Waals surface area contributed by atoms with E-state index < -0.39 is 10.4 Å². The van der Waals surface area contributed by atoms with Crippen LogP contribution in [-0.4, -0.2) is 17.5 Å². The van der Waals surface area contributed by atoms with E-state index in [9.17, 15) is 0 Å². The number of rotatable bonds is 0. The molecule has 0 fully saturated rings. The molecule has 0 aromatic carbocycles. The first-order valence-corrected chi connectivity index (χ1v) is 2.00. The molecule has 0 spiro atoms. The number of quaternary nitrogens is 1. The van der Waals surface area contributed by atoms with Crippen molar-refractivity contribution in [2.45, 2.75) is 0 Å². The summed E-state index contributed by atoms with van der Waals surface area (Å²) in [6.07, 6.45) is 0. The Morgan fingerprint density at radius 3 is 1.12 bits per heavy atom. The predicted molar refractivity (Wildman–Crippen MR) is 16.5 cm³/mol. The third-order valence-corrected chi connectivity index (χ3v) is 0. The third-order valence-electron chi connectivity index (χ3n) is 0. The maximum Gasteiger partial charge on any atom is 2.00 e.